The molecule has 0 heterocycles. The molecule has 4 nitrogen and oxygen atoms in total. The third-order valence-corrected chi connectivity index (χ3v) is 6.16. The molecule has 0 N–H and O–H groups in total. The molecular weight excluding hydrogens is 384 g/mol. The van der Waals surface area contributed by atoms with Crippen molar-refractivity contribution >= 4 is 21.7 Å². The normalized spacial score (nSPS) is 12.2. The van der Waals surface area contributed by atoms with E-state index >= 15 is 0 Å². The summed E-state index contributed by atoms with van der Waals surface area (Å²) in [7, 11) is -2.94. The van der Waals surface area contributed by atoms with E-state index in [-0.39, 0.29) is 11.5 Å². The van der Waals surface area contributed by atoms with E-state index in [4.69, 9.17) is 4.74 Å². The third kappa shape index (κ3) is 5.50. The number of ketones is 1. The molecule has 0 aliphatic carbocycles. The maximum atomic E-state index is 13.7. The molecule has 29 heavy (non-hydrogen) atoms. The average Bonchev–Trinajstić information content (AvgIpc) is 2.74. The Labute approximate surface area is 171 Å². The van der Waals surface area contributed by atoms with Gasteiger partial charge in [0.1, 0.15) is 5.75 Å². The second-order valence-electron chi connectivity index (χ2n) is 6.27. The van der Waals surface area contributed by atoms with E-state index in [2.05, 4.69) is 11.2 Å². The Balaban J connectivity index is 1.89. The highest BCUT2D eigenvalue weighted by atomic mass is 32.2. The minimum Gasteiger partial charge on any atom is -0.427 e. The molecular formula is C24H19O4S+. The van der Waals surface area contributed by atoms with Crippen molar-refractivity contribution in [3.05, 3.63) is 96.1 Å². The van der Waals surface area contributed by atoms with Crippen molar-refractivity contribution in [1.29, 1.82) is 0 Å². The van der Waals surface area contributed by atoms with Gasteiger partial charge in [-0.2, -0.15) is 0 Å². The lowest BCUT2D eigenvalue weighted by molar-refractivity contribution is -0.131. The zero-order chi connectivity index (χ0) is 20.7. The summed E-state index contributed by atoms with van der Waals surface area (Å²) in [6.07, 6.45) is 0. The molecule has 1 unspecified atom stereocenters. The predicted molar refractivity (Wildman–Crippen MR) is 113 cm³/mol. The fraction of sp³-hybridized carbons (Fsp3) is 0.0833. The Kier molecular flexibility index (Phi) is 6.38. The van der Waals surface area contributed by atoms with Gasteiger partial charge in [0, 0.05) is 18.1 Å². The minimum atomic E-state index is -2.94. The highest BCUT2D eigenvalue weighted by Crippen LogP contribution is 2.22. The highest BCUT2D eigenvalue weighted by Gasteiger charge is 2.34. The molecule has 0 spiro atoms. The fourth-order valence-electron chi connectivity index (χ4n) is 2.62. The van der Waals surface area contributed by atoms with Crippen LogP contribution in [0.25, 0.3) is 0 Å². The molecule has 3 rings (SSSR count). The molecule has 0 radical (unpaired) electrons. The van der Waals surface area contributed by atoms with E-state index in [9.17, 15) is 13.8 Å². The van der Waals surface area contributed by atoms with Gasteiger partial charge in [0.2, 0.25) is 15.7 Å². The number of esters is 1. The summed E-state index contributed by atoms with van der Waals surface area (Å²) in [5.74, 6) is 2.32. The molecule has 0 aliphatic heterocycles. The Bertz CT molecular complexity index is 1110. The van der Waals surface area contributed by atoms with Crippen LogP contribution in [0, 0.1) is 11.2 Å². The van der Waals surface area contributed by atoms with E-state index in [0.29, 0.717) is 16.2 Å². The maximum Gasteiger partial charge on any atom is 0.308 e. The number of carbonyl (C=O) groups is 2. The quantitative estimate of drug-likeness (QED) is 0.209. The second-order valence-corrected chi connectivity index (χ2v) is 8.58. The van der Waals surface area contributed by atoms with Gasteiger partial charge in [0.15, 0.2) is 15.9 Å². The summed E-state index contributed by atoms with van der Waals surface area (Å²) < 4.78 is 18.7. The van der Waals surface area contributed by atoms with Gasteiger partial charge in [0.05, 0.1) is 0 Å². The van der Waals surface area contributed by atoms with Crippen molar-refractivity contribution in [2.24, 2.45) is 0 Å². The average molecular weight is 403 g/mol. The van der Waals surface area contributed by atoms with Crippen LogP contribution in [-0.2, 0) is 18.9 Å². The van der Waals surface area contributed by atoms with E-state index in [1.807, 2.05) is 36.4 Å². The molecule has 0 aliphatic rings. The molecule has 1 atom stereocenters. The van der Waals surface area contributed by atoms with E-state index in [0.717, 1.165) is 5.56 Å². The SMILES string of the molecule is CC(=O)Oc1ccc(C(=O)C[S+](=O)(C#Cc2ccccc2)c2ccccc2)cc1. The Morgan fingerprint density at radius 1 is 0.862 bits per heavy atom. The van der Waals surface area contributed by atoms with Gasteiger partial charge in [-0.25, -0.2) is 0 Å². The molecule has 0 aromatic heterocycles. The van der Waals surface area contributed by atoms with Crippen molar-refractivity contribution < 1.29 is 18.5 Å². The third-order valence-electron chi connectivity index (χ3n) is 4.03. The van der Waals surface area contributed by atoms with Gasteiger partial charge in [0.25, 0.3) is 0 Å². The number of hydrogen-bond donors (Lipinski definition) is 0. The first-order valence-electron chi connectivity index (χ1n) is 8.93. The molecule has 0 fully saturated rings. The molecule has 144 valence electrons. The van der Waals surface area contributed by atoms with Crippen LogP contribution in [0.15, 0.2) is 89.8 Å². The van der Waals surface area contributed by atoms with Crippen LogP contribution in [0.5, 0.6) is 5.75 Å². The lowest BCUT2D eigenvalue weighted by Crippen LogP contribution is -2.21. The summed E-state index contributed by atoms with van der Waals surface area (Å²) >= 11 is 0. The smallest absolute Gasteiger partial charge is 0.308 e. The van der Waals surface area contributed by atoms with Gasteiger partial charge in [-0.05, 0) is 54.5 Å². The van der Waals surface area contributed by atoms with E-state index in [1.54, 1.807) is 36.4 Å². The molecule has 0 saturated heterocycles. The summed E-state index contributed by atoms with van der Waals surface area (Å²) in [5, 5.41) is 2.85. The zero-order valence-corrected chi connectivity index (χ0v) is 16.6. The minimum absolute atomic E-state index is 0.232. The number of benzene rings is 3. The van der Waals surface area contributed by atoms with Crippen molar-refractivity contribution in [1.82, 2.24) is 0 Å². The van der Waals surface area contributed by atoms with Gasteiger partial charge >= 0.3 is 5.97 Å². The highest BCUT2D eigenvalue weighted by molar-refractivity contribution is 8.07. The summed E-state index contributed by atoms with van der Waals surface area (Å²) in [6, 6.07) is 24.2. The molecule has 3 aromatic carbocycles. The zero-order valence-electron chi connectivity index (χ0n) is 15.8. The molecule has 0 bridgehead atoms. The first kappa shape index (κ1) is 20.2. The van der Waals surface area contributed by atoms with Gasteiger partial charge in [-0.1, -0.05) is 40.6 Å². The van der Waals surface area contributed by atoms with Crippen LogP contribution in [0.3, 0.4) is 0 Å². The van der Waals surface area contributed by atoms with Gasteiger partial charge in [-0.3, -0.25) is 9.59 Å². The van der Waals surface area contributed by atoms with Crippen LogP contribution in [0.1, 0.15) is 22.8 Å². The molecule has 0 saturated carbocycles. The number of hydrogen-bond acceptors (Lipinski definition) is 4. The van der Waals surface area contributed by atoms with Gasteiger partial charge < -0.3 is 4.74 Å². The molecule has 3 aromatic rings. The Morgan fingerprint density at radius 2 is 1.45 bits per heavy atom. The van der Waals surface area contributed by atoms with E-state index < -0.39 is 15.9 Å². The van der Waals surface area contributed by atoms with Gasteiger partial charge in [-0.15, -0.1) is 0 Å². The predicted octanol–water partition coefficient (Wildman–Crippen LogP) is 4.36. The monoisotopic (exact) mass is 403 g/mol. The Morgan fingerprint density at radius 3 is 2.03 bits per heavy atom. The topological polar surface area (TPSA) is 60.4 Å². The van der Waals surface area contributed by atoms with Crippen LogP contribution in [0.2, 0.25) is 0 Å². The number of rotatable bonds is 5. The standard InChI is InChI=1S/C24H19O4S/c1-19(25)28-22-14-12-21(13-15-22)24(26)18-29(27,23-10-6-3-7-11-23)17-16-20-8-4-2-5-9-20/h2-15H,18H2,1H3/q+1. The first-order valence-corrected chi connectivity index (χ1v) is 10.7. The molecule has 0 amide bonds. The lowest BCUT2D eigenvalue weighted by atomic mass is 10.1. The van der Waals surface area contributed by atoms with Crippen molar-refractivity contribution in [3.8, 4) is 16.9 Å². The van der Waals surface area contributed by atoms with Crippen molar-refractivity contribution in [3.63, 3.8) is 0 Å². The van der Waals surface area contributed by atoms with Crippen molar-refractivity contribution in [2.75, 3.05) is 5.75 Å². The maximum absolute atomic E-state index is 13.7. The lowest BCUT2D eigenvalue weighted by Gasteiger charge is -2.06. The van der Waals surface area contributed by atoms with Crippen LogP contribution >= 0.6 is 0 Å². The largest absolute Gasteiger partial charge is 0.427 e. The van der Waals surface area contributed by atoms with Crippen molar-refractivity contribution in [2.45, 2.75) is 11.8 Å². The number of ether oxygens (including phenoxy) is 1. The first-order chi connectivity index (χ1) is 14.0. The second kappa shape index (κ2) is 9.13. The summed E-state index contributed by atoms with van der Waals surface area (Å²) in [4.78, 5) is 24.4. The summed E-state index contributed by atoms with van der Waals surface area (Å²) in [5.41, 5.74) is 1.11. The molecule has 5 heteroatoms. The van der Waals surface area contributed by atoms with Crippen LogP contribution in [0.4, 0.5) is 0 Å². The Hall–Kier alpha value is -3.49. The number of Topliss-reactive ketones (excluding diaryl/α,β-unsaturated/α-hetero) is 1. The summed E-state index contributed by atoms with van der Waals surface area (Å²) in [6.45, 7) is 1.31. The van der Waals surface area contributed by atoms with Crippen LogP contribution < -0.4 is 4.74 Å². The fourth-order valence-corrected chi connectivity index (χ4v) is 4.40. The van der Waals surface area contributed by atoms with E-state index in [1.165, 1.54) is 19.1 Å². The number of carbonyl (C=O) groups excluding carboxylic acids is 2. The van der Waals surface area contributed by atoms with Crippen LogP contribution in [-0.4, -0.2) is 17.5 Å².